The molecule has 0 spiro atoms. The van der Waals surface area contributed by atoms with E-state index in [9.17, 15) is 0 Å². The maximum absolute atomic E-state index is 5.75. The van der Waals surface area contributed by atoms with Crippen molar-refractivity contribution in [2.75, 3.05) is 13.1 Å². The van der Waals surface area contributed by atoms with E-state index in [-0.39, 0.29) is 6.04 Å². The minimum atomic E-state index is 0.233. The summed E-state index contributed by atoms with van der Waals surface area (Å²) in [4.78, 5) is 12.1. The second kappa shape index (κ2) is 11.9. The molecule has 4 heteroatoms. The molecule has 0 aliphatic heterocycles. The molecule has 1 atom stereocenters. The number of hydrogen-bond acceptors (Lipinski definition) is 4. The van der Waals surface area contributed by atoms with Gasteiger partial charge in [0.1, 0.15) is 0 Å². The molecule has 1 aromatic rings. The van der Waals surface area contributed by atoms with E-state index < -0.39 is 0 Å². The van der Waals surface area contributed by atoms with Crippen molar-refractivity contribution < 1.29 is 0 Å². The zero-order valence-corrected chi connectivity index (χ0v) is 17.9. The number of nitrogens with zero attached hydrogens (tertiary/aromatic N) is 3. The van der Waals surface area contributed by atoms with Gasteiger partial charge in [-0.05, 0) is 82.2 Å². The standard InChI is InChI=1S/C24H38N4/c1-5-11-23(24(19(3)4)26-6-2)28(17-10-9-16-25)18-21-15-14-20-12-7-8-13-22(20)27-21/h6,14-15,23H,2-3,5,7-13,16-18,25H2,1,4H3/b26-24+. The fraction of sp³-hybridized carbons (Fsp3) is 0.583. The zero-order chi connectivity index (χ0) is 20.4. The van der Waals surface area contributed by atoms with Gasteiger partial charge in [-0.25, -0.2) is 0 Å². The van der Waals surface area contributed by atoms with Crippen LogP contribution in [-0.2, 0) is 19.4 Å². The lowest BCUT2D eigenvalue weighted by Crippen LogP contribution is -2.42. The Labute approximate surface area is 171 Å². The number of pyridine rings is 1. The van der Waals surface area contributed by atoms with Crippen LogP contribution in [0.2, 0.25) is 0 Å². The smallest absolute Gasteiger partial charge is 0.0598 e. The Kier molecular flexibility index (Phi) is 9.59. The van der Waals surface area contributed by atoms with Crippen molar-refractivity contribution in [3.8, 4) is 0 Å². The predicted molar refractivity (Wildman–Crippen MR) is 121 cm³/mol. The third kappa shape index (κ3) is 6.39. The second-order valence-corrected chi connectivity index (χ2v) is 7.86. The molecule has 0 saturated heterocycles. The van der Waals surface area contributed by atoms with Gasteiger partial charge in [0, 0.05) is 18.4 Å². The van der Waals surface area contributed by atoms with Crippen LogP contribution in [0, 0.1) is 0 Å². The Morgan fingerprint density at radius 3 is 2.79 bits per heavy atom. The van der Waals surface area contributed by atoms with Gasteiger partial charge in [-0.15, -0.1) is 0 Å². The molecule has 1 heterocycles. The van der Waals surface area contributed by atoms with Crippen molar-refractivity contribution in [3.05, 3.63) is 54.0 Å². The molecular weight excluding hydrogens is 344 g/mol. The van der Waals surface area contributed by atoms with Gasteiger partial charge >= 0.3 is 0 Å². The third-order valence-electron chi connectivity index (χ3n) is 5.49. The van der Waals surface area contributed by atoms with E-state index in [0.29, 0.717) is 0 Å². The van der Waals surface area contributed by atoms with Crippen LogP contribution in [0.4, 0.5) is 0 Å². The Morgan fingerprint density at radius 2 is 2.11 bits per heavy atom. The van der Waals surface area contributed by atoms with E-state index in [0.717, 1.165) is 68.7 Å². The average Bonchev–Trinajstić information content (AvgIpc) is 2.70. The van der Waals surface area contributed by atoms with E-state index in [1.165, 1.54) is 30.5 Å². The summed E-state index contributed by atoms with van der Waals surface area (Å²) >= 11 is 0. The fourth-order valence-corrected chi connectivity index (χ4v) is 4.07. The molecule has 2 N–H and O–H groups in total. The molecule has 1 aromatic heterocycles. The van der Waals surface area contributed by atoms with Crippen molar-refractivity contribution in [1.82, 2.24) is 9.88 Å². The summed E-state index contributed by atoms with van der Waals surface area (Å²) in [5.74, 6) is 0. The van der Waals surface area contributed by atoms with Crippen LogP contribution in [0.1, 0.15) is 69.3 Å². The maximum atomic E-state index is 5.75. The van der Waals surface area contributed by atoms with Gasteiger partial charge in [0.15, 0.2) is 0 Å². The largest absolute Gasteiger partial charge is 0.330 e. The SMILES string of the molecule is C=C/N=C(\C(=C)C)C(CCC)N(CCCCN)Cc1ccc2c(n1)CCCC2. The molecule has 0 fully saturated rings. The minimum Gasteiger partial charge on any atom is -0.330 e. The Bertz CT molecular complexity index is 677. The second-order valence-electron chi connectivity index (χ2n) is 7.86. The number of aryl methyl sites for hydroxylation is 2. The zero-order valence-electron chi connectivity index (χ0n) is 17.9. The molecule has 0 radical (unpaired) electrons. The van der Waals surface area contributed by atoms with Gasteiger partial charge < -0.3 is 5.73 Å². The van der Waals surface area contributed by atoms with Crippen molar-refractivity contribution in [3.63, 3.8) is 0 Å². The highest BCUT2D eigenvalue weighted by atomic mass is 15.2. The van der Waals surface area contributed by atoms with Gasteiger partial charge in [0.2, 0.25) is 0 Å². The first-order chi connectivity index (χ1) is 13.6. The Hall–Kier alpha value is -1.78. The van der Waals surface area contributed by atoms with Gasteiger partial charge in [-0.1, -0.05) is 32.6 Å². The summed E-state index contributed by atoms with van der Waals surface area (Å²) < 4.78 is 0. The van der Waals surface area contributed by atoms with Gasteiger partial charge in [0.25, 0.3) is 0 Å². The molecule has 4 nitrogen and oxygen atoms in total. The number of aliphatic imine (C=N–C) groups is 1. The van der Waals surface area contributed by atoms with Crippen LogP contribution in [-0.4, -0.2) is 34.7 Å². The van der Waals surface area contributed by atoms with E-state index in [1.54, 1.807) is 6.20 Å². The lowest BCUT2D eigenvalue weighted by molar-refractivity contribution is 0.216. The molecular formula is C24H38N4. The first kappa shape index (κ1) is 22.5. The summed E-state index contributed by atoms with van der Waals surface area (Å²) in [6.07, 6.45) is 10.7. The molecule has 28 heavy (non-hydrogen) atoms. The fourth-order valence-electron chi connectivity index (χ4n) is 4.07. The third-order valence-corrected chi connectivity index (χ3v) is 5.49. The summed E-state index contributed by atoms with van der Waals surface area (Å²) in [5, 5.41) is 0. The summed E-state index contributed by atoms with van der Waals surface area (Å²) in [6, 6.07) is 4.74. The maximum Gasteiger partial charge on any atom is 0.0598 e. The Morgan fingerprint density at radius 1 is 1.32 bits per heavy atom. The van der Waals surface area contributed by atoms with Crippen molar-refractivity contribution >= 4 is 5.71 Å². The number of aromatic nitrogens is 1. The van der Waals surface area contributed by atoms with E-state index in [4.69, 9.17) is 10.7 Å². The quantitative estimate of drug-likeness (QED) is 0.416. The van der Waals surface area contributed by atoms with Gasteiger partial charge in [0.05, 0.1) is 17.4 Å². The highest BCUT2D eigenvalue weighted by Gasteiger charge is 2.24. The number of hydrogen-bond donors (Lipinski definition) is 1. The molecule has 2 rings (SSSR count). The van der Waals surface area contributed by atoms with Crippen molar-refractivity contribution in [1.29, 1.82) is 0 Å². The van der Waals surface area contributed by atoms with E-state index in [2.05, 4.69) is 42.1 Å². The Balaban J connectivity index is 2.28. The van der Waals surface area contributed by atoms with Crippen LogP contribution in [0.25, 0.3) is 0 Å². The van der Waals surface area contributed by atoms with E-state index >= 15 is 0 Å². The lowest BCUT2D eigenvalue weighted by atomic mass is 9.95. The topological polar surface area (TPSA) is 54.5 Å². The van der Waals surface area contributed by atoms with Crippen LogP contribution >= 0.6 is 0 Å². The normalized spacial score (nSPS) is 15.4. The molecule has 0 aromatic carbocycles. The highest BCUT2D eigenvalue weighted by molar-refractivity contribution is 6.03. The van der Waals surface area contributed by atoms with Crippen LogP contribution in [0.3, 0.4) is 0 Å². The van der Waals surface area contributed by atoms with Crippen LogP contribution < -0.4 is 5.73 Å². The first-order valence-electron chi connectivity index (χ1n) is 10.9. The molecule has 0 saturated carbocycles. The molecule has 154 valence electrons. The monoisotopic (exact) mass is 382 g/mol. The van der Waals surface area contributed by atoms with Crippen LogP contribution in [0.5, 0.6) is 0 Å². The molecule has 0 amide bonds. The molecule has 0 bridgehead atoms. The lowest BCUT2D eigenvalue weighted by Gasteiger charge is -2.33. The first-order valence-corrected chi connectivity index (χ1v) is 10.9. The van der Waals surface area contributed by atoms with E-state index in [1.807, 2.05) is 6.92 Å². The van der Waals surface area contributed by atoms with Gasteiger partial charge in [-0.3, -0.25) is 14.9 Å². The summed E-state index contributed by atoms with van der Waals surface area (Å²) in [6.45, 7) is 14.8. The average molecular weight is 383 g/mol. The molecule has 1 unspecified atom stereocenters. The minimum absolute atomic E-state index is 0.233. The van der Waals surface area contributed by atoms with Crippen molar-refractivity contribution in [2.24, 2.45) is 10.7 Å². The van der Waals surface area contributed by atoms with Gasteiger partial charge in [-0.2, -0.15) is 0 Å². The number of nitrogens with two attached hydrogens (primary N) is 1. The van der Waals surface area contributed by atoms with Crippen LogP contribution in [0.15, 0.2) is 42.1 Å². The number of fused-ring (bicyclic) bond motifs is 1. The predicted octanol–water partition coefficient (Wildman–Crippen LogP) is 4.83. The summed E-state index contributed by atoms with van der Waals surface area (Å²) in [5.41, 5.74) is 11.7. The number of rotatable bonds is 12. The van der Waals surface area contributed by atoms with Crippen molar-refractivity contribution in [2.45, 2.75) is 77.8 Å². The highest BCUT2D eigenvalue weighted by Crippen LogP contribution is 2.22. The molecule has 1 aliphatic rings. The number of unbranched alkanes of at least 4 members (excludes halogenated alkanes) is 1. The molecule has 1 aliphatic carbocycles. The summed E-state index contributed by atoms with van der Waals surface area (Å²) in [7, 11) is 0.